The van der Waals surface area contributed by atoms with Gasteiger partial charge in [-0.15, -0.1) is 0 Å². The summed E-state index contributed by atoms with van der Waals surface area (Å²) in [7, 11) is 0. The van der Waals surface area contributed by atoms with Gasteiger partial charge in [0.1, 0.15) is 5.82 Å². The summed E-state index contributed by atoms with van der Waals surface area (Å²) < 4.78 is 31.4. The smallest absolute Gasteiger partial charge is 0.161 e. The highest BCUT2D eigenvalue weighted by Crippen LogP contribution is 2.20. The molecule has 1 aromatic heterocycles. The number of nitrogens with one attached hydrogen (secondary N) is 2. The zero-order valence-electron chi connectivity index (χ0n) is 8.96. The van der Waals surface area contributed by atoms with Crippen molar-refractivity contribution in [2.75, 3.05) is 19.8 Å². The summed E-state index contributed by atoms with van der Waals surface area (Å²) >= 11 is 0. The van der Waals surface area contributed by atoms with Crippen LogP contribution in [0.15, 0.2) is 12.1 Å². The Kier molecular flexibility index (Phi) is 2.53. The first-order valence-electron chi connectivity index (χ1n) is 5.40. The van der Waals surface area contributed by atoms with Crippen molar-refractivity contribution in [1.29, 1.82) is 0 Å². The van der Waals surface area contributed by atoms with E-state index in [0.717, 1.165) is 18.7 Å². The monoisotopic (exact) mass is 239 g/mol. The summed E-state index contributed by atoms with van der Waals surface area (Å²) in [5.41, 5.74) is 0.914. The van der Waals surface area contributed by atoms with E-state index in [2.05, 4.69) is 15.3 Å². The van der Waals surface area contributed by atoms with E-state index in [0.29, 0.717) is 30.1 Å². The van der Waals surface area contributed by atoms with Crippen molar-refractivity contribution in [3.63, 3.8) is 0 Å². The fourth-order valence-corrected chi connectivity index (χ4v) is 1.93. The van der Waals surface area contributed by atoms with Crippen LogP contribution in [0.5, 0.6) is 0 Å². The lowest BCUT2D eigenvalue weighted by Gasteiger charge is -2.21. The van der Waals surface area contributed by atoms with Gasteiger partial charge in [-0.2, -0.15) is 0 Å². The second kappa shape index (κ2) is 4.05. The van der Waals surface area contributed by atoms with E-state index in [1.54, 1.807) is 0 Å². The molecule has 1 fully saturated rings. The van der Waals surface area contributed by atoms with Gasteiger partial charge in [-0.05, 0) is 0 Å². The third-order valence-corrected chi connectivity index (χ3v) is 2.79. The van der Waals surface area contributed by atoms with Crippen LogP contribution >= 0.6 is 0 Å². The molecule has 0 bridgehead atoms. The molecule has 17 heavy (non-hydrogen) atoms. The topological polar surface area (TPSA) is 49.9 Å². The van der Waals surface area contributed by atoms with Crippen molar-refractivity contribution in [2.45, 2.75) is 6.04 Å². The maximum absolute atomic E-state index is 13.0. The fraction of sp³-hybridized carbons (Fsp3) is 0.364. The van der Waals surface area contributed by atoms with Crippen LogP contribution in [-0.4, -0.2) is 29.7 Å². The van der Waals surface area contributed by atoms with Crippen LogP contribution in [0.4, 0.5) is 8.78 Å². The van der Waals surface area contributed by atoms with Crippen molar-refractivity contribution in [1.82, 2.24) is 15.3 Å². The van der Waals surface area contributed by atoms with Crippen LogP contribution in [0.1, 0.15) is 11.9 Å². The van der Waals surface area contributed by atoms with Gasteiger partial charge in [0.05, 0.1) is 30.3 Å². The minimum absolute atomic E-state index is 0.0535. The molecule has 3 rings (SSSR count). The number of aromatic nitrogens is 2. The Bertz CT molecular complexity index is 510. The number of hydrogen-bond donors (Lipinski definition) is 2. The van der Waals surface area contributed by atoms with Crippen LogP contribution < -0.4 is 5.32 Å². The highest BCUT2D eigenvalue weighted by atomic mass is 19.2. The summed E-state index contributed by atoms with van der Waals surface area (Å²) in [4.78, 5) is 7.21. The van der Waals surface area contributed by atoms with Crippen LogP contribution in [-0.2, 0) is 4.74 Å². The first kappa shape index (κ1) is 10.6. The lowest BCUT2D eigenvalue weighted by atomic mass is 10.2. The number of nitrogens with zero attached hydrogens (tertiary/aromatic N) is 1. The number of fused-ring (bicyclic) bond motifs is 1. The van der Waals surface area contributed by atoms with E-state index in [9.17, 15) is 8.78 Å². The molecule has 1 saturated heterocycles. The number of hydrogen-bond acceptors (Lipinski definition) is 3. The van der Waals surface area contributed by atoms with Gasteiger partial charge >= 0.3 is 0 Å². The van der Waals surface area contributed by atoms with E-state index in [1.807, 2.05) is 0 Å². The summed E-state index contributed by atoms with van der Waals surface area (Å²) in [5.74, 6) is -1.12. The van der Waals surface area contributed by atoms with E-state index in [1.165, 1.54) is 0 Å². The predicted octanol–water partition coefficient (Wildman–Crippen LogP) is 1.50. The van der Waals surface area contributed by atoms with E-state index in [4.69, 9.17) is 4.74 Å². The standard InChI is InChI=1S/C11H11F2N3O/c12-6-3-8-9(4-7(6)13)16-11(15-8)10-5-17-2-1-14-10/h3-4,10,14H,1-2,5H2,(H,15,16). The molecule has 0 saturated carbocycles. The highest BCUT2D eigenvalue weighted by molar-refractivity contribution is 5.75. The Morgan fingerprint density at radius 2 is 2.12 bits per heavy atom. The van der Waals surface area contributed by atoms with Gasteiger partial charge in [0, 0.05) is 18.7 Å². The normalized spacial score (nSPS) is 20.9. The Hall–Kier alpha value is -1.53. The molecule has 6 heteroatoms. The summed E-state index contributed by atoms with van der Waals surface area (Å²) in [6.45, 7) is 1.91. The quantitative estimate of drug-likeness (QED) is 0.793. The van der Waals surface area contributed by atoms with Crippen LogP contribution in [0.25, 0.3) is 11.0 Å². The summed E-state index contributed by atoms with van der Waals surface area (Å²) in [6.07, 6.45) is 0. The molecule has 4 nitrogen and oxygen atoms in total. The highest BCUT2D eigenvalue weighted by Gasteiger charge is 2.19. The zero-order valence-corrected chi connectivity index (χ0v) is 8.96. The molecule has 0 radical (unpaired) electrons. The average molecular weight is 239 g/mol. The minimum atomic E-state index is -0.886. The van der Waals surface area contributed by atoms with E-state index < -0.39 is 11.6 Å². The molecule has 1 aromatic carbocycles. The molecular formula is C11H11F2N3O. The predicted molar refractivity (Wildman–Crippen MR) is 57.6 cm³/mol. The molecule has 0 amide bonds. The lowest BCUT2D eigenvalue weighted by molar-refractivity contribution is 0.0746. The van der Waals surface area contributed by atoms with Gasteiger partial charge in [0.15, 0.2) is 11.6 Å². The van der Waals surface area contributed by atoms with Gasteiger partial charge in [-0.25, -0.2) is 13.8 Å². The number of rotatable bonds is 1. The Morgan fingerprint density at radius 1 is 1.29 bits per heavy atom. The van der Waals surface area contributed by atoms with Crippen molar-refractivity contribution in [3.05, 3.63) is 29.6 Å². The molecule has 2 aromatic rings. The molecule has 2 heterocycles. The minimum Gasteiger partial charge on any atom is -0.378 e. The lowest BCUT2D eigenvalue weighted by Crippen LogP contribution is -2.35. The maximum atomic E-state index is 13.0. The molecule has 0 aliphatic carbocycles. The van der Waals surface area contributed by atoms with Gasteiger partial charge in [-0.1, -0.05) is 0 Å². The van der Waals surface area contributed by atoms with Crippen molar-refractivity contribution in [3.8, 4) is 0 Å². The van der Waals surface area contributed by atoms with E-state index in [-0.39, 0.29) is 6.04 Å². The number of morpholine rings is 1. The number of ether oxygens (including phenoxy) is 1. The molecule has 2 N–H and O–H groups in total. The molecule has 1 aliphatic rings. The second-order valence-electron chi connectivity index (χ2n) is 3.99. The largest absolute Gasteiger partial charge is 0.378 e. The first-order valence-corrected chi connectivity index (χ1v) is 5.40. The number of benzene rings is 1. The zero-order chi connectivity index (χ0) is 11.8. The molecule has 1 unspecified atom stereocenters. The van der Waals surface area contributed by atoms with Crippen LogP contribution in [0, 0.1) is 11.6 Å². The van der Waals surface area contributed by atoms with Crippen molar-refractivity contribution < 1.29 is 13.5 Å². The number of halogens is 2. The van der Waals surface area contributed by atoms with E-state index >= 15 is 0 Å². The third kappa shape index (κ3) is 1.89. The molecule has 1 aliphatic heterocycles. The molecule has 1 atom stereocenters. The number of aromatic amines is 1. The van der Waals surface area contributed by atoms with Crippen molar-refractivity contribution >= 4 is 11.0 Å². The Morgan fingerprint density at radius 3 is 2.88 bits per heavy atom. The SMILES string of the molecule is Fc1cc2nc(C3COCCN3)[nH]c2cc1F. The fourth-order valence-electron chi connectivity index (χ4n) is 1.93. The van der Waals surface area contributed by atoms with Crippen molar-refractivity contribution in [2.24, 2.45) is 0 Å². The van der Waals surface area contributed by atoms with Gasteiger partial charge in [0.2, 0.25) is 0 Å². The van der Waals surface area contributed by atoms with Crippen LogP contribution in [0.2, 0.25) is 0 Å². The van der Waals surface area contributed by atoms with Crippen LogP contribution in [0.3, 0.4) is 0 Å². The first-order chi connectivity index (χ1) is 8.24. The third-order valence-electron chi connectivity index (χ3n) is 2.79. The average Bonchev–Trinajstić information content (AvgIpc) is 2.74. The Labute approximate surface area is 96.0 Å². The Balaban J connectivity index is 2.00. The summed E-state index contributed by atoms with van der Waals surface area (Å²) in [6, 6.07) is 2.15. The molecule has 90 valence electrons. The van der Waals surface area contributed by atoms with Gasteiger partial charge < -0.3 is 15.0 Å². The molecular weight excluding hydrogens is 228 g/mol. The summed E-state index contributed by atoms with van der Waals surface area (Å²) in [5, 5.41) is 3.22. The second-order valence-corrected chi connectivity index (χ2v) is 3.99. The van der Waals surface area contributed by atoms with Gasteiger partial charge in [0.25, 0.3) is 0 Å². The van der Waals surface area contributed by atoms with Gasteiger partial charge in [-0.3, -0.25) is 0 Å². The number of imidazole rings is 1. The maximum Gasteiger partial charge on any atom is 0.161 e. The number of H-pyrrole nitrogens is 1. The molecule has 0 spiro atoms.